The summed E-state index contributed by atoms with van der Waals surface area (Å²) in [6.45, 7) is 2.18. The molecule has 0 saturated heterocycles. The summed E-state index contributed by atoms with van der Waals surface area (Å²) in [5, 5.41) is 0.907. The highest BCUT2D eigenvalue weighted by atomic mass is 35.5. The van der Waals surface area contributed by atoms with Crippen LogP contribution < -0.4 is 0 Å². The Balaban J connectivity index is 1.44. The molecule has 0 N–H and O–H groups in total. The molecular weight excluding hydrogens is 441 g/mol. The number of benzene rings is 4. The van der Waals surface area contributed by atoms with Crippen LogP contribution in [0.3, 0.4) is 0 Å². The van der Waals surface area contributed by atoms with E-state index in [1.165, 1.54) is 28.8 Å². The van der Waals surface area contributed by atoms with Crippen LogP contribution >= 0.6 is 11.6 Å². The maximum absolute atomic E-state index is 15.1. The molecule has 0 radical (unpaired) electrons. The molecule has 0 heterocycles. The molecule has 0 fully saturated rings. The Bertz CT molecular complexity index is 1240. The summed E-state index contributed by atoms with van der Waals surface area (Å²) in [5.74, 6) is -1.87. The number of rotatable bonds is 8. The number of hydrogen-bond acceptors (Lipinski definition) is 0. The zero-order valence-corrected chi connectivity index (χ0v) is 19.4. The number of hydrogen-bond donors (Lipinski definition) is 0. The molecule has 4 heteroatoms. The lowest BCUT2D eigenvalue weighted by atomic mass is 9.97. The average molecular weight is 467 g/mol. The van der Waals surface area contributed by atoms with Crippen molar-refractivity contribution in [3.05, 3.63) is 117 Å². The lowest BCUT2D eigenvalue weighted by Crippen LogP contribution is -1.98. The van der Waals surface area contributed by atoms with Gasteiger partial charge in [-0.2, -0.15) is 0 Å². The van der Waals surface area contributed by atoms with Gasteiger partial charge in [-0.25, -0.2) is 13.2 Å². The van der Waals surface area contributed by atoms with E-state index < -0.39 is 16.7 Å². The van der Waals surface area contributed by atoms with Crippen molar-refractivity contribution in [1.82, 2.24) is 0 Å². The van der Waals surface area contributed by atoms with Crippen molar-refractivity contribution in [2.75, 3.05) is 0 Å². The van der Waals surface area contributed by atoms with E-state index in [0.717, 1.165) is 31.1 Å². The van der Waals surface area contributed by atoms with Gasteiger partial charge in [0.05, 0.1) is 0 Å². The largest absolute Gasteiger partial charge is 0.206 e. The second-order valence-electron chi connectivity index (χ2n) is 8.53. The molecule has 0 nitrogen and oxygen atoms in total. The maximum Gasteiger partial charge on any atom is 0.145 e. The van der Waals surface area contributed by atoms with Gasteiger partial charge in [0.1, 0.15) is 22.5 Å². The normalized spacial score (nSPS) is 11.3. The Morgan fingerprint density at radius 2 is 1.18 bits per heavy atom. The average Bonchev–Trinajstić information content (AvgIpc) is 2.82. The molecule has 4 aromatic carbocycles. The molecule has 0 amide bonds. The lowest BCUT2D eigenvalue weighted by molar-refractivity contribution is 0.579. The van der Waals surface area contributed by atoms with Crippen molar-refractivity contribution in [1.29, 1.82) is 0 Å². The predicted octanol–water partition coefficient (Wildman–Crippen LogP) is 8.43. The van der Waals surface area contributed by atoms with Crippen LogP contribution in [-0.2, 0) is 32.1 Å². The van der Waals surface area contributed by atoms with Crippen LogP contribution in [0, 0.1) is 17.5 Å². The quantitative estimate of drug-likeness (QED) is 0.228. The van der Waals surface area contributed by atoms with Gasteiger partial charge in [-0.1, -0.05) is 79.5 Å². The monoisotopic (exact) mass is 466 g/mol. The minimum Gasteiger partial charge on any atom is -0.206 e. The van der Waals surface area contributed by atoms with Crippen molar-refractivity contribution in [3.8, 4) is 0 Å². The molecule has 4 rings (SSSR count). The van der Waals surface area contributed by atoms with Gasteiger partial charge in [0.25, 0.3) is 0 Å². The fourth-order valence-electron chi connectivity index (χ4n) is 4.22. The molecule has 0 aliphatic heterocycles. The summed E-state index contributed by atoms with van der Waals surface area (Å²) in [5.41, 5.74) is 4.81. The van der Waals surface area contributed by atoms with Crippen molar-refractivity contribution >= 4 is 22.4 Å². The number of halogens is 4. The first-order valence-corrected chi connectivity index (χ1v) is 11.7. The second kappa shape index (κ2) is 10.4. The highest BCUT2D eigenvalue weighted by molar-refractivity contribution is 6.30. The van der Waals surface area contributed by atoms with E-state index in [4.69, 9.17) is 11.6 Å². The van der Waals surface area contributed by atoms with Gasteiger partial charge in [0.2, 0.25) is 0 Å². The molecule has 0 aliphatic carbocycles. The third-order valence-electron chi connectivity index (χ3n) is 6.09. The molecule has 0 unspecified atom stereocenters. The molecule has 33 heavy (non-hydrogen) atoms. The van der Waals surface area contributed by atoms with Crippen molar-refractivity contribution < 1.29 is 13.2 Å². The van der Waals surface area contributed by atoms with Crippen LogP contribution in [0.25, 0.3) is 10.8 Å². The molecular formula is C29H26ClF3. The summed E-state index contributed by atoms with van der Waals surface area (Å²) in [6, 6.07) is 20.7. The third-order valence-corrected chi connectivity index (χ3v) is 6.45. The van der Waals surface area contributed by atoms with E-state index in [-0.39, 0.29) is 5.82 Å². The molecule has 0 atom stereocenters. The van der Waals surface area contributed by atoms with E-state index in [9.17, 15) is 8.78 Å². The molecule has 0 saturated carbocycles. The van der Waals surface area contributed by atoms with Gasteiger partial charge in [0.15, 0.2) is 0 Å². The van der Waals surface area contributed by atoms with Crippen LogP contribution in [0.15, 0.2) is 66.7 Å². The zero-order chi connectivity index (χ0) is 23.4. The number of aryl methyl sites for hydroxylation is 5. The van der Waals surface area contributed by atoms with E-state index >= 15 is 4.39 Å². The first kappa shape index (κ1) is 23.4. The number of fused-ring (bicyclic) bond motifs is 1. The van der Waals surface area contributed by atoms with E-state index in [2.05, 4.69) is 31.2 Å². The molecule has 0 spiro atoms. The van der Waals surface area contributed by atoms with Gasteiger partial charge >= 0.3 is 0 Å². The highest BCUT2D eigenvalue weighted by Crippen LogP contribution is 2.26. The van der Waals surface area contributed by atoms with Crippen molar-refractivity contribution in [3.63, 3.8) is 0 Å². The van der Waals surface area contributed by atoms with Gasteiger partial charge in [-0.15, -0.1) is 0 Å². The van der Waals surface area contributed by atoms with Crippen LogP contribution in [0.5, 0.6) is 0 Å². The van der Waals surface area contributed by atoms with Gasteiger partial charge in [-0.3, -0.25) is 0 Å². The van der Waals surface area contributed by atoms with Gasteiger partial charge in [0, 0.05) is 5.39 Å². The molecule has 4 aromatic rings. The summed E-state index contributed by atoms with van der Waals surface area (Å²) in [7, 11) is 0. The van der Waals surface area contributed by atoms with Crippen molar-refractivity contribution in [2.45, 2.75) is 45.4 Å². The van der Waals surface area contributed by atoms with E-state index in [1.807, 2.05) is 24.3 Å². The Labute approximate surface area is 198 Å². The Kier molecular flexibility index (Phi) is 7.39. The second-order valence-corrected chi connectivity index (χ2v) is 8.91. The summed E-state index contributed by atoms with van der Waals surface area (Å²) in [4.78, 5) is 0. The van der Waals surface area contributed by atoms with Crippen LogP contribution in [-0.4, -0.2) is 0 Å². The Hall–Kier alpha value is -2.78. The smallest absolute Gasteiger partial charge is 0.145 e. The maximum atomic E-state index is 15.1. The van der Waals surface area contributed by atoms with E-state index in [1.54, 1.807) is 6.07 Å². The molecule has 0 bridgehead atoms. The highest BCUT2D eigenvalue weighted by Gasteiger charge is 2.12. The van der Waals surface area contributed by atoms with Gasteiger partial charge < -0.3 is 0 Å². The Morgan fingerprint density at radius 3 is 1.85 bits per heavy atom. The minimum atomic E-state index is -0.796. The van der Waals surface area contributed by atoms with Crippen LogP contribution in [0.2, 0.25) is 5.02 Å². The van der Waals surface area contributed by atoms with Crippen LogP contribution in [0.4, 0.5) is 13.2 Å². The standard InChI is InChI=1S/C29H26ClF3/c1-2-3-19-4-6-20(7-5-19)8-9-21-11-15-25-24(16-21)14-13-23(29(25)33)12-10-22-17-26(31)28(30)27(32)18-22/h4-7,11,13-18H,2-3,8-10,12H2,1H3. The minimum absolute atomic E-state index is 0.277. The van der Waals surface area contributed by atoms with E-state index in [0.29, 0.717) is 29.4 Å². The SMILES string of the molecule is CCCc1ccc(CCc2ccc3c(F)c(CCc4cc(F)c(Cl)c(F)c4)ccc3c2)cc1. The zero-order valence-electron chi connectivity index (χ0n) is 18.6. The molecule has 0 aliphatic rings. The van der Waals surface area contributed by atoms with Crippen molar-refractivity contribution in [2.24, 2.45) is 0 Å². The topological polar surface area (TPSA) is 0 Å². The summed E-state index contributed by atoms with van der Waals surface area (Å²) in [6.07, 6.45) is 4.74. The summed E-state index contributed by atoms with van der Waals surface area (Å²) < 4.78 is 42.4. The van der Waals surface area contributed by atoms with Crippen LogP contribution in [0.1, 0.15) is 41.2 Å². The first-order valence-electron chi connectivity index (χ1n) is 11.4. The summed E-state index contributed by atoms with van der Waals surface area (Å²) >= 11 is 5.54. The lowest BCUT2D eigenvalue weighted by Gasteiger charge is -2.10. The van der Waals surface area contributed by atoms with Gasteiger partial charge in [-0.05, 0) is 77.4 Å². The fourth-order valence-corrected chi connectivity index (χ4v) is 4.33. The Morgan fingerprint density at radius 1 is 0.606 bits per heavy atom. The first-order chi connectivity index (χ1) is 15.9. The molecule has 0 aromatic heterocycles. The fraction of sp³-hybridized carbons (Fsp3) is 0.241. The predicted molar refractivity (Wildman–Crippen MR) is 131 cm³/mol. The third kappa shape index (κ3) is 5.59. The molecule has 170 valence electrons.